The van der Waals surface area contributed by atoms with Crippen LogP contribution in [0.2, 0.25) is 0 Å². The van der Waals surface area contributed by atoms with Gasteiger partial charge < -0.3 is 86.2 Å². The number of likely N-dealkylation sites (N-methyl/N-ethyl adjacent to an activating group) is 1. The number of aliphatic hydroxyl groups excluding tert-OH is 1. The van der Waals surface area contributed by atoms with Gasteiger partial charge in [-0.25, -0.2) is 34.5 Å². The predicted octanol–water partition coefficient (Wildman–Crippen LogP) is 4.50. The van der Waals surface area contributed by atoms with Gasteiger partial charge in [0, 0.05) is 55.4 Å². The SMILES string of the molecule is C=C(NC(=O)c1csc(-c2cc3c(cc2O)-c2nc(cs2)C(=O)NC(C(C)O)C(=O)N/C(=C(\C)OC)c2nc(cs2)C(=O)NC2c4nc(cs4)C(=O)NC(COC(=O)c4c5c6c(cccc6n4O)COC(=O)C(OC4CC(C)(O)C(N(C)C)C(C)O4)C2OC5)c2nc-3cs2)n1)C(N)=O. The third-order valence-corrected chi connectivity index (χ3v) is 21.0. The number of nitrogens with zero attached hydrogens (tertiary/aromatic N) is 7. The van der Waals surface area contributed by atoms with Gasteiger partial charge in [0.1, 0.15) is 102 Å². The highest BCUT2D eigenvalue weighted by atomic mass is 32.1. The van der Waals surface area contributed by atoms with E-state index in [2.05, 4.69) is 48.1 Å². The number of carbonyl (C=O) groups excluding carboxylic acids is 8. The molecular formula is C62H61N13O18S5. The van der Waals surface area contributed by atoms with E-state index in [0.29, 0.717) is 10.3 Å². The van der Waals surface area contributed by atoms with Gasteiger partial charge in [-0.15, -0.1) is 56.7 Å². The van der Waals surface area contributed by atoms with Gasteiger partial charge in [-0.1, -0.05) is 18.7 Å². The normalized spacial score (nSPS) is 24.0. The molecule has 11 N–H and O–H groups in total. The lowest BCUT2D eigenvalue weighted by atomic mass is 9.85. The molecule has 1 saturated heterocycles. The maximum Gasteiger partial charge on any atom is 0.358 e. The van der Waals surface area contributed by atoms with Crippen molar-refractivity contribution in [3.8, 4) is 38.1 Å². The highest BCUT2D eigenvalue weighted by molar-refractivity contribution is 7.14. The topological polar surface area (TPSA) is 432 Å². The number of hydrogen-bond donors (Lipinski definition) is 10. The van der Waals surface area contributed by atoms with Gasteiger partial charge in [-0.2, -0.15) is 4.73 Å². The summed E-state index contributed by atoms with van der Waals surface area (Å²) < 4.78 is 38.2. The minimum Gasteiger partial charge on any atom is -0.507 e. The molecule has 8 aromatic rings. The van der Waals surface area contributed by atoms with Gasteiger partial charge in [-0.3, -0.25) is 28.8 Å². The summed E-state index contributed by atoms with van der Waals surface area (Å²) in [5.41, 5.74) is 2.87. The van der Waals surface area contributed by atoms with Gasteiger partial charge in [0.05, 0.1) is 60.0 Å². The van der Waals surface area contributed by atoms with E-state index in [-0.39, 0.29) is 105 Å². The Labute approximate surface area is 575 Å². The summed E-state index contributed by atoms with van der Waals surface area (Å²) in [5, 5.41) is 67.9. The fraction of sp³-hybridized carbons (Fsp3) is 0.339. The average molecular weight is 1440 g/mol. The van der Waals surface area contributed by atoms with Crippen LogP contribution in [0.25, 0.3) is 49.0 Å². The summed E-state index contributed by atoms with van der Waals surface area (Å²) in [5.74, 6) is -8.06. The Kier molecular flexibility index (Phi) is 19.2. The van der Waals surface area contributed by atoms with E-state index in [0.717, 1.165) is 56.7 Å². The van der Waals surface area contributed by atoms with Crippen molar-refractivity contribution in [2.75, 3.05) is 27.8 Å². The fourth-order valence-corrected chi connectivity index (χ4v) is 16.1. The Morgan fingerprint density at radius 1 is 0.847 bits per heavy atom. The number of aliphatic hydroxyl groups is 2. The predicted molar refractivity (Wildman–Crippen MR) is 352 cm³/mol. The van der Waals surface area contributed by atoms with Gasteiger partial charge in [0.25, 0.3) is 29.5 Å². The number of nitrogens with one attached hydrogen (secondary N) is 5. The minimum absolute atomic E-state index is 0.0138. The molecule has 2 aromatic carbocycles. The molecule has 0 spiro atoms. The number of allylic oxidation sites excluding steroid dienone is 1. The van der Waals surface area contributed by atoms with Gasteiger partial charge in [0.15, 0.2) is 18.1 Å². The number of benzene rings is 2. The lowest BCUT2D eigenvalue weighted by Crippen LogP contribution is -2.62. The second-order valence-corrected chi connectivity index (χ2v) is 27.8. The zero-order valence-corrected chi connectivity index (χ0v) is 56.8. The Balaban J connectivity index is 1.04. The number of cyclic esters (lactones) is 2. The number of phenolic OH excluding ortho intramolecular Hbond substituents is 1. The molecule has 4 aliphatic heterocycles. The number of hydrogen-bond acceptors (Lipinski definition) is 29. The number of amides is 6. The van der Waals surface area contributed by atoms with Gasteiger partial charge in [0.2, 0.25) is 5.91 Å². The molecular weight excluding hydrogens is 1380 g/mol. The van der Waals surface area contributed by atoms with Crippen LogP contribution in [-0.2, 0) is 56.0 Å². The number of aromatic hydroxyl groups is 1. The molecule has 98 heavy (non-hydrogen) atoms. The number of thiazole rings is 5. The number of nitrogens with two attached hydrogens (primary N) is 1. The van der Waals surface area contributed by atoms with Crippen LogP contribution < -0.4 is 32.3 Å². The van der Waals surface area contributed by atoms with Crippen molar-refractivity contribution in [2.24, 2.45) is 5.73 Å². The number of fused-ring (bicyclic) bond motifs is 15. The quantitative estimate of drug-likeness (QED) is 0.0411. The van der Waals surface area contributed by atoms with Crippen LogP contribution in [0, 0.1) is 0 Å². The fourth-order valence-electron chi connectivity index (χ4n) is 11.9. The van der Waals surface area contributed by atoms with Crippen molar-refractivity contribution in [1.82, 2.24) is 61.1 Å². The Bertz CT molecular complexity index is 4600. The number of ether oxygens (including phenoxy) is 6. The van der Waals surface area contributed by atoms with E-state index in [1.54, 1.807) is 50.4 Å². The molecule has 0 radical (unpaired) electrons. The van der Waals surface area contributed by atoms with Crippen LogP contribution in [0.5, 0.6) is 5.75 Å². The first-order valence-corrected chi connectivity index (χ1v) is 34.2. The molecule has 36 heteroatoms. The molecule has 4 aliphatic rings. The van der Waals surface area contributed by atoms with Crippen molar-refractivity contribution in [2.45, 2.75) is 108 Å². The van der Waals surface area contributed by atoms with Crippen molar-refractivity contribution in [1.29, 1.82) is 0 Å². The molecule has 12 bridgehead atoms. The molecule has 10 heterocycles. The number of esters is 2. The zero-order valence-electron chi connectivity index (χ0n) is 52.8. The molecule has 6 amide bonds. The smallest absolute Gasteiger partial charge is 0.358 e. The molecule has 1 fully saturated rings. The van der Waals surface area contributed by atoms with Crippen molar-refractivity contribution >= 4 is 121 Å². The monoisotopic (exact) mass is 1440 g/mol. The molecule has 31 nitrogen and oxygen atoms in total. The van der Waals surface area contributed by atoms with Crippen LogP contribution in [0.4, 0.5) is 0 Å². The standard InChI is InChI=1S/C62H61N13O18S5/c1-23(49(63)78)64-50(79)34-19-95-56(68-34)30-12-28-29(13-39(30)77)55-67-36(20-94-55)52(81)71-42(24(2)76)54(83)72-43(25(3)88-8)58-69-37(22-97-58)53(82)73-44-46-47(93-40-14-62(5,86)48(74(6)7)26(4)92-40)61(85)90-15-27-10-9-11-38-41(27)31(16-89-46)45(75(38)87)60(84)91-17-32(57-66-33(28)18-96-57)65-51(80)35-21-98-59(44)70-35/h9-13,18-22,24,26,32,40,42,44,46-48,76-77,86-87H,1,14-17H2,2-8H3,(H2,63,78)(H,64,79)(H,65,80)(H,71,81)(H,72,83)(H,73,82)/b43-25+. The van der Waals surface area contributed by atoms with E-state index in [1.165, 1.54) is 60.7 Å². The van der Waals surface area contributed by atoms with E-state index in [4.69, 9.17) is 44.1 Å². The average Bonchev–Trinajstić information content (AvgIpc) is 1.57. The van der Waals surface area contributed by atoms with E-state index in [1.807, 2.05) is 0 Å². The number of aromatic nitrogens is 6. The molecule has 12 rings (SSSR count). The van der Waals surface area contributed by atoms with Crippen LogP contribution in [0.1, 0.15) is 125 Å². The van der Waals surface area contributed by atoms with E-state index < -0.39 is 145 Å². The molecule has 10 atom stereocenters. The summed E-state index contributed by atoms with van der Waals surface area (Å²) in [6, 6.07) is 2.24. The molecule has 0 aliphatic carbocycles. The third-order valence-electron chi connectivity index (χ3n) is 16.5. The van der Waals surface area contributed by atoms with E-state index in [9.17, 15) is 44.5 Å². The Morgan fingerprint density at radius 2 is 1.50 bits per heavy atom. The third kappa shape index (κ3) is 13.4. The largest absolute Gasteiger partial charge is 0.507 e. The second kappa shape index (κ2) is 27.4. The number of carbonyl (C=O) groups is 8. The number of methoxy groups -OCH3 is 1. The summed E-state index contributed by atoms with van der Waals surface area (Å²) in [7, 11) is 4.84. The van der Waals surface area contributed by atoms with Crippen LogP contribution >= 0.6 is 56.7 Å². The van der Waals surface area contributed by atoms with Crippen molar-refractivity contribution in [3.05, 3.63) is 130 Å². The van der Waals surface area contributed by atoms with Crippen LogP contribution in [-0.4, -0.2) is 179 Å². The summed E-state index contributed by atoms with van der Waals surface area (Å²) in [6.07, 6.45) is -7.53. The first-order chi connectivity index (χ1) is 46.7. The van der Waals surface area contributed by atoms with Crippen molar-refractivity contribution in [3.63, 3.8) is 0 Å². The lowest BCUT2D eigenvalue weighted by molar-refractivity contribution is -0.280. The van der Waals surface area contributed by atoms with Gasteiger partial charge in [-0.05, 0) is 65.6 Å². The first kappa shape index (κ1) is 68.5. The number of phenols is 1. The molecule has 512 valence electrons. The maximum atomic E-state index is 15.2. The maximum absolute atomic E-state index is 15.2. The lowest BCUT2D eigenvalue weighted by Gasteiger charge is -2.48. The first-order valence-electron chi connectivity index (χ1n) is 29.8. The Hall–Kier alpha value is -9.47. The zero-order chi connectivity index (χ0) is 69.9. The van der Waals surface area contributed by atoms with Gasteiger partial charge >= 0.3 is 11.9 Å². The number of rotatable bonds is 9. The van der Waals surface area contributed by atoms with Crippen LogP contribution in [0.15, 0.2) is 75.3 Å². The highest BCUT2D eigenvalue weighted by Gasteiger charge is 2.50. The number of primary amides is 1. The second-order valence-electron chi connectivity index (χ2n) is 23.5. The minimum atomic E-state index is -1.91. The molecule has 0 saturated carbocycles. The van der Waals surface area contributed by atoms with E-state index >= 15 is 14.4 Å². The summed E-state index contributed by atoms with van der Waals surface area (Å²) >= 11 is 4.61. The molecule has 10 unspecified atom stereocenters. The Morgan fingerprint density at radius 3 is 2.21 bits per heavy atom. The van der Waals surface area contributed by atoms with Crippen molar-refractivity contribution < 1.29 is 87.3 Å². The highest BCUT2D eigenvalue weighted by Crippen LogP contribution is 2.45. The summed E-state index contributed by atoms with van der Waals surface area (Å²) in [4.78, 5) is 139. The summed E-state index contributed by atoms with van der Waals surface area (Å²) in [6.45, 7) is 7.74. The van der Waals surface area contributed by atoms with Crippen LogP contribution in [0.3, 0.4) is 0 Å². The molecule has 6 aromatic heterocycles.